The number of anilines is 1. The van der Waals surface area contributed by atoms with Gasteiger partial charge in [0.15, 0.2) is 0 Å². The molecule has 31 heavy (non-hydrogen) atoms. The molecule has 4 N–H and O–H groups in total. The van der Waals surface area contributed by atoms with Crippen molar-refractivity contribution in [1.82, 2.24) is 15.2 Å². The van der Waals surface area contributed by atoms with Crippen molar-refractivity contribution in [2.75, 3.05) is 37.7 Å². The molecule has 3 fully saturated rings. The van der Waals surface area contributed by atoms with Crippen LogP contribution in [0.1, 0.15) is 29.8 Å². The fraction of sp³-hybridized carbons (Fsp3) is 0.579. The zero-order valence-corrected chi connectivity index (χ0v) is 16.6. The largest absolute Gasteiger partial charge is 0.476 e. The lowest BCUT2D eigenvalue weighted by molar-refractivity contribution is -0.121. The van der Waals surface area contributed by atoms with Gasteiger partial charge in [-0.1, -0.05) is 0 Å². The molecule has 1 saturated carbocycles. The second-order valence-electron chi connectivity index (χ2n) is 8.50. The summed E-state index contributed by atoms with van der Waals surface area (Å²) in [7, 11) is 0. The molecule has 1 aliphatic carbocycles. The van der Waals surface area contributed by atoms with Crippen LogP contribution in [-0.4, -0.2) is 77.1 Å². The standard InChI is InChI=1S/C19H23F2N5O5/c20-19(21)9-25(10-19)13-4-3-12(23-16(13)31-6-11-1-2-11)15(28)24-18(5-14(22)27)7-26(8-18)17(29)30/h3-4,11H,1-2,5-10H2,(H2,22,27)(H,24,28)(H,29,30). The summed E-state index contributed by atoms with van der Waals surface area (Å²) in [4.78, 5) is 42.0. The fourth-order valence-electron chi connectivity index (χ4n) is 3.76. The van der Waals surface area contributed by atoms with E-state index >= 15 is 0 Å². The average molecular weight is 439 g/mol. The number of hydrogen-bond acceptors (Lipinski definition) is 6. The SMILES string of the molecule is NC(=O)CC1(NC(=O)c2ccc(N3CC(F)(F)C3)c(OCC3CC3)n2)CN(C(=O)O)C1. The first-order chi connectivity index (χ1) is 14.6. The van der Waals surface area contributed by atoms with Crippen molar-refractivity contribution >= 4 is 23.6 Å². The van der Waals surface area contributed by atoms with Crippen LogP contribution in [0.5, 0.6) is 5.88 Å². The highest BCUT2D eigenvalue weighted by Crippen LogP contribution is 2.38. The summed E-state index contributed by atoms with van der Waals surface area (Å²) in [6.07, 6.45) is 0.646. The lowest BCUT2D eigenvalue weighted by atomic mass is 9.86. The molecule has 0 spiro atoms. The Labute approximate surface area is 176 Å². The Morgan fingerprint density at radius 3 is 2.45 bits per heavy atom. The molecular weight excluding hydrogens is 416 g/mol. The van der Waals surface area contributed by atoms with Gasteiger partial charge in [-0.3, -0.25) is 9.59 Å². The van der Waals surface area contributed by atoms with Crippen LogP contribution in [0.15, 0.2) is 12.1 Å². The fourth-order valence-corrected chi connectivity index (χ4v) is 3.76. The van der Waals surface area contributed by atoms with Crippen LogP contribution in [0.4, 0.5) is 19.3 Å². The number of nitrogens with two attached hydrogens (primary N) is 1. The van der Waals surface area contributed by atoms with Gasteiger partial charge in [-0.05, 0) is 30.9 Å². The van der Waals surface area contributed by atoms with Crippen LogP contribution in [0, 0.1) is 5.92 Å². The average Bonchev–Trinajstić information content (AvgIpc) is 3.45. The summed E-state index contributed by atoms with van der Waals surface area (Å²) >= 11 is 0. The molecule has 0 aromatic carbocycles. The molecule has 0 atom stereocenters. The van der Waals surface area contributed by atoms with Crippen LogP contribution >= 0.6 is 0 Å². The van der Waals surface area contributed by atoms with E-state index in [4.69, 9.17) is 15.6 Å². The molecule has 2 saturated heterocycles. The number of primary amides is 1. The van der Waals surface area contributed by atoms with Gasteiger partial charge in [0.1, 0.15) is 11.4 Å². The van der Waals surface area contributed by atoms with Gasteiger partial charge in [0.05, 0.1) is 31.7 Å². The molecule has 0 unspecified atom stereocenters. The first kappa shape index (κ1) is 21.1. The normalized spacial score (nSPS) is 21.0. The number of rotatable bonds is 8. The van der Waals surface area contributed by atoms with Crippen LogP contribution in [-0.2, 0) is 4.79 Å². The van der Waals surface area contributed by atoms with Crippen LogP contribution in [0.25, 0.3) is 0 Å². The second kappa shape index (κ2) is 7.50. The van der Waals surface area contributed by atoms with Crippen molar-refractivity contribution in [3.63, 3.8) is 0 Å². The quantitative estimate of drug-likeness (QED) is 0.541. The molecule has 12 heteroatoms. The molecule has 1 aromatic rings. The van der Waals surface area contributed by atoms with Crippen molar-refractivity contribution in [2.24, 2.45) is 11.7 Å². The highest BCUT2D eigenvalue weighted by Gasteiger charge is 2.48. The number of likely N-dealkylation sites (tertiary alicyclic amines) is 1. The van der Waals surface area contributed by atoms with Crippen molar-refractivity contribution in [3.05, 3.63) is 17.8 Å². The lowest BCUT2D eigenvalue weighted by Crippen LogP contribution is -2.72. The first-order valence-electron chi connectivity index (χ1n) is 9.91. The van der Waals surface area contributed by atoms with E-state index < -0.39 is 42.5 Å². The first-order valence-corrected chi connectivity index (χ1v) is 9.91. The third-order valence-corrected chi connectivity index (χ3v) is 5.56. The molecule has 2 aliphatic heterocycles. The zero-order chi connectivity index (χ0) is 22.4. The zero-order valence-electron chi connectivity index (χ0n) is 16.6. The molecule has 10 nitrogen and oxygen atoms in total. The Morgan fingerprint density at radius 2 is 1.90 bits per heavy atom. The van der Waals surface area contributed by atoms with E-state index in [1.165, 1.54) is 17.0 Å². The van der Waals surface area contributed by atoms with Gasteiger partial charge in [0.25, 0.3) is 11.8 Å². The van der Waals surface area contributed by atoms with Gasteiger partial charge in [-0.2, -0.15) is 0 Å². The number of hydrogen-bond donors (Lipinski definition) is 3. The van der Waals surface area contributed by atoms with E-state index in [0.717, 1.165) is 17.7 Å². The highest BCUT2D eigenvalue weighted by molar-refractivity contribution is 5.94. The Kier molecular flexibility index (Phi) is 5.10. The molecule has 3 aliphatic rings. The van der Waals surface area contributed by atoms with Crippen LogP contribution < -0.4 is 20.7 Å². The number of carbonyl (C=O) groups excluding carboxylic acids is 2. The summed E-state index contributed by atoms with van der Waals surface area (Å²) in [5, 5.41) is 11.7. The van der Waals surface area contributed by atoms with E-state index in [2.05, 4.69) is 10.3 Å². The number of amides is 3. The van der Waals surface area contributed by atoms with E-state index in [1.54, 1.807) is 0 Å². The van der Waals surface area contributed by atoms with Crippen molar-refractivity contribution in [1.29, 1.82) is 0 Å². The minimum Gasteiger partial charge on any atom is -0.476 e. The molecule has 3 amide bonds. The van der Waals surface area contributed by atoms with Gasteiger partial charge in [-0.15, -0.1) is 0 Å². The van der Waals surface area contributed by atoms with Crippen molar-refractivity contribution < 1.29 is 33.0 Å². The van der Waals surface area contributed by atoms with E-state index in [1.807, 2.05) is 0 Å². The van der Waals surface area contributed by atoms with Crippen LogP contribution in [0.2, 0.25) is 0 Å². The van der Waals surface area contributed by atoms with Crippen molar-refractivity contribution in [2.45, 2.75) is 30.7 Å². The summed E-state index contributed by atoms with van der Waals surface area (Å²) in [6.45, 7) is -0.681. The topological polar surface area (TPSA) is 138 Å². The molecule has 0 bridgehead atoms. The van der Waals surface area contributed by atoms with Gasteiger partial charge in [0, 0.05) is 13.1 Å². The number of ether oxygens (including phenoxy) is 1. The summed E-state index contributed by atoms with van der Waals surface area (Å²) in [5.41, 5.74) is 4.50. The molecule has 0 radical (unpaired) electrons. The van der Waals surface area contributed by atoms with Gasteiger partial charge in [-0.25, -0.2) is 18.6 Å². The van der Waals surface area contributed by atoms with Gasteiger partial charge >= 0.3 is 6.09 Å². The number of halogens is 2. The minimum absolute atomic E-state index is 0.0283. The third-order valence-electron chi connectivity index (χ3n) is 5.56. The van der Waals surface area contributed by atoms with E-state index in [9.17, 15) is 23.2 Å². The second-order valence-corrected chi connectivity index (χ2v) is 8.50. The number of aromatic nitrogens is 1. The monoisotopic (exact) mass is 439 g/mol. The Bertz CT molecular complexity index is 909. The minimum atomic E-state index is -2.77. The molecule has 168 valence electrons. The maximum absolute atomic E-state index is 13.3. The Morgan fingerprint density at radius 1 is 1.23 bits per heavy atom. The predicted molar refractivity (Wildman–Crippen MR) is 103 cm³/mol. The lowest BCUT2D eigenvalue weighted by Gasteiger charge is -2.48. The maximum atomic E-state index is 13.3. The summed E-state index contributed by atoms with van der Waals surface area (Å²) in [6, 6.07) is 2.89. The summed E-state index contributed by atoms with van der Waals surface area (Å²) < 4.78 is 32.3. The van der Waals surface area contributed by atoms with Gasteiger partial charge in [0.2, 0.25) is 11.8 Å². The Balaban J connectivity index is 1.50. The number of carbonyl (C=O) groups is 3. The summed E-state index contributed by atoms with van der Waals surface area (Å²) in [5.74, 6) is -3.60. The number of nitrogens with zero attached hydrogens (tertiary/aromatic N) is 3. The molecule has 1 aromatic heterocycles. The number of alkyl halides is 2. The van der Waals surface area contributed by atoms with Crippen molar-refractivity contribution in [3.8, 4) is 5.88 Å². The number of nitrogens with one attached hydrogen (secondary N) is 1. The molecular formula is C19H23F2N5O5. The number of carboxylic acid groups (broad SMARTS) is 1. The highest BCUT2D eigenvalue weighted by atomic mass is 19.3. The molecule has 3 heterocycles. The van der Waals surface area contributed by atoms with Gasteiger partial charge < -0.3 is 30.7 Å². The third kappa shape index (κ3) is 4.62. The van der Waals surface area contributed by atoms with Crippen LogP contribution in [0.3, 0.4) is 0 Å². The predicted octanol–water partition coefficient (Wildman–Crippen LogP) is 0.663. The smallest absolute Gasteiger partial charge is 0.407 e. The van der Waals surface area contributed by atoms with E-state index in [-0.39, 0.29) is 31.1 Å². The maximum Gasteiger partial charge on any atom is 0.407 e. The molecule has 4 rings (SSSR count). The van der Waals surface area contributed by atoms with E-state index in [0.29, 0.717) is 18.2 Å². The number of pyridine rings is 1. The Hall–Kier alpha value is -3.18.